The quantitative estimate of drug-likeness (QED) is 0.446. The van der Waals surface area contributed by atoms with Gasteiger partial charge in [-0.1, -0.05) is 43.3 Å². The van der Waals surface area contributed by atoms with Crippen LogP contribution in [0.2, 0.25) is 0 Å². The van der Waals surface area contributed by atoms with Crippen LogP contribution in [-0.4, -0.2) is 4.98 Å². The summed E-state index contributed by atoms with van der Waals surface area (Å²) in [5, 5.41) is 1.05. The Balaban J connectivity index is 2.04. The molecule has 2 nitrogen and oxygen atoms in total. The lowest BCUT2D eigenvalue weighted by molar-refractivity contribution is 0.184. The average Bonchev–Trinajstić information content (AvgIpc) is 2.56. The van der Waals surface area contributed by atoms with Gasteiger partial charge in [0, 0.05) is 17.1 Å². The SMILES string of the molecule is CC[C@@](I)(Oc1cccc2ncccc12)c1ccccc1. The highest BCUT2D eigenvalue weighted by molar-refractivity contribution is 14.1. The Morgan fingerprint density at radius 2 is 1.81 bits per heavy atom. The zero-order chi connectivity index (χ0) is 14.7. The maximum absolute atomic E-state index is 6.40. The summed E-state index contributed by atoms with van der Waals surface area (Å²) in [6.45, 7) is 2.14. The van der Waals surface area contributed by atoms with E-state index in [4.69, 9.17) is 4.74 Å². The van der Waals surface area contributed by atoms with Crippen molar-refractivity contribution in [3.05, 3.63) is 72.4 Å². The lowest BCUT2D eigenvalue weighted by Crippen LogP contribution is -2.24. The van der Waals surface area contributed by atoms with Crippen LogP contribution in [0.3, 0.4) is 0 Å². The lowest BCUT2D eigenvalue weighted by Gasteiger charge is -2.28. The van der Waals surface area contributed by atoms with Crippen LogP contribution in [0.25, 0.3) is 10.9 Å². The average molecular weight is 389 g/mol. The first-order valence-corrected chi connectivity index (χ1v) is 8.08. The van der Waals surface area contributed by atoms with E-state index in [2.05, 4.69) is 52.7 Å². The van der Waals surface area contributed by atoms with Gasteiger partial charge in [0.1, 0.15) is 5.75 Å². The Bertz CT molecular complexity index is 739. The standard InChI is InChI=1S/C18H16INO/c1-2-18(19,14-8-4-3-5-9-14)21-17-12-6-11-16-15(17)10-7-13-20-16/h3-13H,2H2,1H3/t18-/m1/s1. The number of alkyl halides is 1. The van der Waals surface area contributed by atoms with E-state index in [-0.39, 0.29) is 3.61 Å². The molecule has 0 radical (unpaired) electrons. The smallest absolute Gasteiger partial charge is 0.184 e. The minimum Gasteiger partial charge on any atom is -0.472 e. The molecule has 0 spiro atoms. The van der Waals surface area contributed by atoms with Crippen molar-refractivity contribution in [2.45, 2.75) is 17.0 Å². The third-order valence-electron chi connectivity index (χ3n) is 3.54. The molecule has 1 heterocycles. The second-order valence-electron chi connectivity index (χ2n) is 4.88. The predicted molar refractivity (Wildman–Crippen MR) is 94.8 cm³/mol. The van der Waals surface area contributed by atoms with Crippen molar-refractivity contribution in [2.24, 2.45) is 0 Å². The molecule has 0 aliphatic carbocycles. The molecule has 0 unspecified atom stereocenters. The highest BCUT2D eigenvalue weighted by atomic mass is 127. The Morgan fingerprint density at radius 1 is 1.00 bits per heavy atom. The number of nitrogens with zero attached hydrogens (tertiary/aromatic N) is 1. The summed E-state index contributed by atoms with van der Waals surface area (Å²) in [5.74, 6) is 0.876. The Kier molecular flexibility index (Phi) is 4.10. The van der Waals surface area contributed by atoms with Gasteiger partial charge in [0.15, 0.2) is 3.61 Å². The van der Waals surface area contributed by atoms with Gasteiger partial charge < -0.3 is 4.74 Å². The molecule has 0 amide bonds. The molecule has 0 saturated carbocycles. The third-order valence-corrected chi connectivity index (χ3v) is 5.14. The van der Waals surface area contributed by atoms with Crippen molar-refractivity contribution in [1.29, 1.82) is 0 Å². The maximum atomic E-state index is 6.40. The van der Waals surface area contributed by atoms with E-state index < -0.39 is 0 Å². The van der Waals surface area contributed by atoms with E-state index in [9.17, 15) is 0 Å². The Labute approximate surface area is 138 Å². The van der Waals surface area contributed by atoms with E-state index in [1.54, 1.807) is 6.20 Å². The molecule has 0 saturated heterocycles. The summed E-state index contributed by atoms with van der Waals surface area (Å²) in [5.41, 5.74) is 2.13. The number of aromatic nitrogens is 1. The molecule has 0 aliphatic rings. The van der Waals surface area contributed by atoms with Crippen LogP contribution in [0.5, 0.6) is 5.75 Å². The van der Waals surface area contributed by atoms with E-state index >= 15 is 0 Å². The predicted octanol–water partition coefficient (Wildman–Crippen LogP) is 5.31. The van der Waals surface area contributed by atoms with Gasteiger partial charge in [-0.3, -0.25) is 4.98 Å². The van der Waals surface area contributed by atoms with Gasteiger partial charge in [-0.2, -0.15) is 0 Å². The van der Waals surface area contributed by atoms with Gasteiger partial charge in [-0.05, 0) is 53.3 Å². The van der Waals surface area contributed by atoms with Gasteiger partial charge in [0.2, 0.25) is 0 Å². The van der Waals surface area contributed by atoms with Crippen molar-refractivity contribution in [1.82, 2.24) is 4.98 Å². The van der Waals surface area contributed by atoms with E-state index in [1.807, 2.05) is 42.5 Å². The number of halogens is 1. The van der Waals surface area contributed by atoms with Crippen molar-refractivity contribution in [2.75, 3.05) is 0 Å². The molecule has 2 aromatic carbocycles. The topological polar surface area (TPSA) is 22.1 Å². The zero-order valence-corrected chi connectivity index (χ0v) is 13.9. The van der Waals surface area contributed by atoms with Crippen molar-refractivity contribution in [3.63, 3.8) is 0 Å². The summed E-state index contributed by atoms with van der Waals surface area (Å²) >= 11 is 2.40. The minimum atomic E-state index is -0.372. The van der Waals surface area contributed by atoms with Crippen LogP contribution in [-0.2, 0) is 3.61 Å². The van der Waals surface area contributed by atoms with Gasteiger partial charge in [0.25, 0.3) is 0 Å². The normalized spacial score (nSPS) is 13.8. The summed E-state index contributed by atoms with van der Waals surface area (Å²) in [6, 6.07) is 20.3. The fraction of sp³-hybridized carbons (Fsp3) is 0.167. The molecule has 21 heavy (non-hydrogen) atoms. The Morgan fingerprint density at radius 3 is 2.57 bits per heavy atom. The first-order chi connectivity index (χ1) is 10.2. The van der Waals surface area contributed by atoms with Crippen LogP contribution in [0, 0.1) is 0 Å². The van der Waals surface area contributed by atoms with Crippen LogP contribution in [0.1, 0.15) is 18.9 Å². The second kappa shape index (κ2) is 6.02. The van der Waals surface area contributed by atoms with Crippen molar-refractivity contribution >= 4 is 33.5 Å². The van der Waals surface area contributed by atoms with Gasteiger partial charge >= 0.3 is 0 Å². The lowest BCUT2D eigenvalue weighted by atomic mass is 10.1. The molecule has 3 rings (SSSR count). The van der Waals surface area contributed by atoms with E-state index in [0.717, 1.165) is 23.1 Å². The molecule has 0 bridgehead atoms. The van der Waals surface area contributed by atoms with Gasteiger partial charge in [-0.15, -0.1) is 0 Å². The second-order valence-corrected chi connectivity index (χ2v) is 6.62. The molecule has 106 valence electrons. The number of rotatable bonds is 4. The van der Waals surface area contributed by atoms with Crippen LogP contribution >= 0.6 is 22.6 Å². The molecule has 0 fully saturated rings. The molecule has 1 aromatic heterocycles. The Hall–Kier alpha value is -1.62. The van der Waals surface area contributed by atoms with E-state index in [0.29, 0.717) is 0 Å². The number of pyridine rings is 1. The highest BCUT2D eigenvalue weighted by Crippen LogP contribution is 2.39. The van der Waals surface area contributed by atoms with Crippen LogP contribution < -0.4 is 4.74 Å². The number of hydrogen-bond donors (Lipinski definition) is 0. The number of benzene rings is 2. The maximum Gasteiger partial charge on any atom is 0.184 e. The third kappa shape index (κ3) is 2.88. The summed E-state index contributed by atoms with van der Waals surface area (Å²) in [7, 11) is 0. The van der Waals surface area contributed by atoms with Gasteiger partial charge in [-0.25, -0.2) is 0 Å². The highest BCUT2D eigenvalue weighted by Gasteiger charge is 2.29. The van der Waals surface area contributed by atoms with Crippen LogP contribution in [0.15, 0.2) is 66.9 Å². The first-order valence-electron chi connectivity index (χ1n) is 7.00. The van der Waals surface area contributed by atoms with E-state index in [1.165, 1.54) is 5.56 Å². The molecule has 3 heteroatoms. The fourth-order valence-corrected chi connectivity index (χ4v) is 2.96. The summed E-state index contributed by atoms with van der Waals surface area (Å²) in [6.07, 6.45) is 2.69. The van der Waals surface area contributed by atoms with Gasteiger partial charge in [0.05, 0.1) is 5.52 Å². The first kappa shape index (κ1) is 14.3. The molecule has 1 atom stereocenters. The fourth-order valence-electron chi connectivity index (χ4n) is 2.36. The molecule has 0 aliphatic heterocycles. The summed E-state index contributed by atoms with van der Waals surface area (Å²) < 4.78 is 6.03. The minimum absolute atomic E-state index is 0.372. The number of fused-ring (bicyclic) bond motifs is 1. The molecular formula is C18H16INO. The number of ether oxygens (including phenoxy) is 1. The van der Waals surface area contributed by atoms with Crippen LogP contribution in [0.4, 0.5) is 0 Å². The summed E-state index contributed by atoms with van der Waals surface area (Å²) in [4.78, 5) is 4.39. The van der Waals surface area contributed by atoms with Crippen molar-refractivity contribution < 1.29 is 4.74 Å². The molecular weight excluding hydrogens is 373 g/mol. The van der Waals surface area contributed by atoms with Crippen molar-refractivity contribution in [3.8, 4) is 5.75 Å². The number of hydrogen-bond acceptors (Lipinski definition) is 2. The zero-order valence-electron chi connectivity index (χ0n) is 11.8. The largest absolute Gasteiger partial charge is 0.472 e. The monoisotopic (exact) mass is 389 g/mol. The molecule has 0 N–H and O–H groups in total. The molecule has 3 aromatic rings.